The Morgan fingerprint density at radius 1 is 0.889 bits per heavy atom. The molecule has 1 unspecified atom stereocenters. The minimum absolute atomic E-state index is 0.109. The number of aryl methyl sites for hydroxylation is 1. The fourth-order valence-corrected chi connectivity index (χ4v) is 12.9. The summed E-state index contributed by atoms with van der Waals surface area (Å²) in [4.78, 5) is 9.04. The van der Waals surface area contributed by atoms with Gasteiger partial charge in [0.1, 0.15) is 36.0 Å². The molecular formula is C39H46Cl2F2N4O4SSi2. The lowest BCUT2D eigenvalue weighted by Gasteiger charge is -2.43. The Hall–Kier alpha value is -3.44. The van der Waals surface area contributed by atoms with Gasteiger partial charge in [-0.2, -0.15) is 0 Å². The maximum absolute atomic E-state index is 14.5. The van der Waals surface area contributed by atoms with Crippen molar-refractivity contribution in [1.82, 2.24) is 14.5 Å². The highest BCUT2D eigenvalue weighted by Gasteiger charge is 2.50. The number of aromatic nitrogens is 3. The van der Waals surface area contributed by atoms with Crippen molar-refractivity contribution < 1.29 is 26.4 Å². The molecule has 288 valence electrons. The lowest BCUT2D eigenvalue weighted by Crippen LogP contribution is -2.66. The van der Waals surface area contributed by atoms with Crippen molar-refractivity contribution in [2.75, 3.05) is 11.9 Å². The number of nitrogens with one attached hydrogen (secondary N) is 1. The molecule has 0 aliphatic rings. The lowest BCUT2D eigenvalue weighted by atomic mass is 10.1. The number of anilines is 1. The number of hydrogen-bond acceptors (Lipinski definition) is 7. The molecule has 0 saturated heterocycles. The number of rotatable bonds is 15. The van der Waals surface area contributed by atoms with E-state index in [1.807, 2.05) is 60.7 Å². The summed E-state index contributed by atoms with van der Waals surface area (Å²) in [5, 5.41) is 4.25. The fraction of sp³-hybridized carbons (Fsp3) is 0.333. The summed E-state index contributed by atoms with van der Waals surface area (Å²) >= 11 is 6.30. The minimum atomic E-state index is -4.49. The average molecular weight is 832 g/mol. The molecule has 54 heavy (non-hydrogen) atoms. The largest absolute Gasteiger partial charge is 0.401 e. The number of imidazole rings is 1. The van der Waals surface area contributed by atoms with E-state index in [-0.39, 0.29) is 41.4 Å². The van der Waals surface area contributed by atoms with E-state index in [4.69, 9.17) is 31.4 Å². The Morgan fingerprint density at radius 3 is 2.00 bits per heavy atom. The Labute approximate surface area is 328 Å². The van der Waals surface area contributed by atoms with E-state index in [9.17, 15) is 17.2 Å². The highest BCUT2D eigenvalue weighted by Crippen LogP contribution is 2.39. The first-order chi connectivity index (χ1) is 25.3. The number of hydrogen-bond donors (Lipinski definition) is 1. The average Bonchev–Trinajstić information content (AvgIpc) is 3.47. The summed E-state index contributed by atoms with van der Waals surface area (Å²) in [5.41, 5.74) is 0.734. The summed E-state index contributed by atoms with van der Waals surface area (Å²) < 4.78 is 71.0. The van der Waals surface area contributed by atoms with E-state index in [0.29, 0.717) is 12.2 Å². The van der Waals surface area contributed by atoms with Gasteiger partial charge in [0.25, 0.3) is 17.4 Å². The number of nitrogens with zero attached hydrogens (tertiary/aromatic N) is 3. The molecule has 1 atom stereocenters. The van der Waals surface area contributed by atoms with Crippen molar-refractivity contribution in [3.05, 3.63) is 130 Å². The highest BCUT2D eigenvalue weighted by molar-refractivity contribution is 8.13. The Bertz CT molecular complexity index is 2140. The van der Waals surface area contributed by atoms with E-state index in [0.717, 1.165) is 16.4 Å². The highest BCUT2D eigenvalue weighted by atomic mass is 35.7. The van der Waals surface area contributed by atoms with Gasteiger partial charge in [-0.25, -0.2) is 27.2 Å². The third-order valence-corrected chi connectivity index (χ3v) is 17.4. The summed E-state index contributed by atoms with van der Waals surface area (Å²) in [7, 11) is -3.00. The van der Waals surface area contributed by atoms with Crippen LogP contribution in [-0.2, 0) is 31.6 Å². The molecule has 5 rings (SSSR count). The molecule has 0 aliphatic carbocycles. The van der Waals surface area contributed by atoms with Gasteiger partial charge in [-0.3, -0.25) is 0 Å². The van der Waals surface area contributed by atoms with Crippen LogP contribution in [0.5, 0.6) is 0 Å². The second-order valence-corrected chi connectivity index (χ2v) is 28.2. The van der Waals surface area contributed by atoms with Crippen molar-refractivity contribution in [3.63, 3.8) is 0 Å². The monoisotopic (exact) mass is 830 g/mol. The molecule has 8 nitrogen and oxygen atoms in total. The van der Waals surface area contributed by atoms with Gasteiger partial charge in [0.15, 0.2) is 5.03 Å². The normalized spacial score (nSPS) is 13.2. The standard InChI is InChI=1S/C39H46Cl2F2N4O4SSi2/c1-27-32(42)20-21-35(44-27)45-36(28-18-19-33(43)31(40)24-28)37-46-38(52(41,48)49)34(47(37)26-50-22-23-53(5,6)7)25-51-54(39(2,3)4,29-14-10-8-11-15-29)30-16-12-9-13-17-30/h8-21,24,36H,22-23,25-26H2,1-7H3,(H,44,45). The molecule has 0 saturated carbocycles. The zero-order valence-electron chi connectivity index (χ0n) is 31.5. The molecule has 15 heteroatoms. The van der Waals surface area contributed by atoms with Crippen LogP contribution in [0, 0.1) is 18.6 Å². The predicted octanol–water partition coefficient (Wildman–Crippen LogP) is 9.04. The molecule has 1 N–H and O–H groups in total. The molecule has 2 aromatic heterocycles. The third-order valence-electron chi connectivity index (χ3n) is 9.20. The maximum atomic E-state index is 14.5. The summed E-state index contributed by atoms with van der Waals surface area (Å²) in [6, 6.07) is 26.6. The number of ether oxygens (including phenoxy) is 1. The van der Waals surface area contributed by atoms with Gasteiger partial charge < -0.3 is 19.0 Å². The molecule has 3 aromatic carbocycles. The van der Waals surface area contributed by atoms with Crippen molar-refractivity contribution in [2.45, 2.75) is 82.8 Å². The molecule has 0 spiro atoms. The first kappa shape index (κ1) is 41.7. The third kappa shape index (κ3) is 9.50. The first-order valence-electron chi connectivity index (χ1n) is 17.5. The SMILES string of the molecule is Cc1nc(NC(c2ccc(F)c(Cl)c2)c2nc(S(=O)(=O)Cl)c(CO[Si](c3ccccc3)(c3ccccc3)C(C)(C)C)n2COCC[Si](C)(C)C)ccc1F. The van der Waals surface area contributed by atoms with E-state index >= 15 is 0 Å². The van der Waals surface area contributed by atoms with Gasteiger partial charge in [0.05, 0.1) is 23.0 Å². The van der Waals surface area contributed by atoms with Crippen LogP contribution in [0.1, 0.15) is 49.6 Å². The van der Waals surface area contributed by atoms with Gasteiger partial charge >= 0.3 is 0 Å². The van der Waals surface area contributed by atoms with E-state index in [1.54, 1.807) is 4.57 Å². The van der Waals surface area contributed by atoms with Gasteiger partial charge in [-0.1, -0.05) is 119 Å². The van der Waals surface area contributed by atoms with E-state index in [2.05, 4.69) is 55.7 Å². The Morgan fingerprint density at radius 2 is 1.48 bits per heavy atom. The topological polar surface area (TPSA) is 95.3 Å². The number of pyridine rings is 1. The van der Waals surface area contributed by atoms with Crippen LogP contribution < -0.4 is 15.7 Å². The maximum Gasteiger partial charge on any atom is 0.280 e. The second kappa shape index (κ2) is 16.7. The molecule has 0 aliphatic heterocycles. The van der Waals surface area contributed by atoms with E-state index in [1.165, 1.54) is 37.3 Å². The predicted molar refractivity (Wildman–Crippen MR) is 218 cm³/mol. The Kier molecular flexibility index (Phi) is 12.9. The Balaban J connectivity index is 1.75. The molecule has 0 fully saturated rings. The van der Waals surface area contributed by atoms with Crippen LogP contribution in [-0.4, -0.2) is 46.0 Å². The zero-order chi connectivity index (χ0) is 39.5. The summed E-state index contributed by atoms with van der Waals surface area (Å²) in [6.07, 6.45) is 0. The van der Waals surface area contributed by atoms with Gasteiger partial charge in [0.2, 0.25) is 0 Å². The van der Waals surface area contributed by atoms with Gasteiger partial charge in [-0.15, -0.1) is 0 Å². The van der Waals surface area contributed by atoms with Gasteiger partial charge in [0, 0.05) is 25.4 Å². The number of benzene rings is 3. The quantitative estimate of drug-likeness (QED) is 0.0640. The van der Waals surface area contributed by atoms with Crippen molar-refractivity contribution >= 4 is 63.9 Å². The smallest absolute Gasteiger partial charge is 0.280 e. The van der Waals surface area contributed by atoms with Crippen LogP contribution in [0.25, 0.3) is 0 Å². The van der Waals surface area contributed by atoms with Crippen LogP contribution >= 0.6 is 22.3 Å². The molecule has 2 heterocycles. The first-order valence-corrected chi connectivity index (χ1v) is 25.8. The molecule has 0 radical (unpaired) electrons. The fourth-order valence-electron chi connectivity index (χ4n) is 6.42. The van der Waals surface area contributed by atoms with Crippen LogP contribution in [0.2, 0.25) is 35.7 Å². The van der Waals surface area contributed by atoms with E-state index < -0.39 is 53.2 Å². The van der Waals surface area contributed by atoms with Crippen molar-refractivity contribution in [2.24, 2.45) is 0 Å². The summed E-state index contributed by atoms with van der Waals surface area (Å²) in [6.45, 7) is 14.7. The minimum Gasteiger partial charge on any atom is -0.401 e. The van der Waals surface area contributed by atoms with Crippen molar-refractivity contribution in [3.8, 4) is 0 Å². The molecule has 0 bridgehead atoms. The van der Waals surface area contributed by atoms with Crippen LogP contribution in [0.15, 0.2) is 96.0 Å². The second-order valence-electron chi connectivity index (χ2n) is 15.4. The van der Waals surface area contributed by atoms with Crippen molar-refractivity contribution in [1.29, 1.82) is 0 Å². The van der Waals surface area contributed by atoms with Crippen LogP contribution in [0.4, 0.5) is 14.6 Å². The zero-order valence-corrected chi connectivity index (χ0v) is 35.8. The number of halogens is 4. The van der Waals surface area contributed by atoms with Crippen LogP contribution in [0.3, 0.4) is 0 Å². The molecule has 0 amide bonds. The lowest BCUT2D eigenvalue weighted by molar-refractivity contribution is 0.0800. The summed E-state index contributed by atoms with van der Waals surface area (Å²) in [5.74, 6) is -0.725. The molecule has 5 aromatic rings. The molecular weight excluding hydrogens is 786 g/mol. The van der Waals surface area contributed by atoms with Gasteiger partial charge in [-0.05, 0) is 58.2 Å².